The summed E-state index contributed by atoms with van der Waals surface area (Å²) in [6.45, 7) is 1.86. The van der Waals surface area contributed by atoms with Crippen molar-refractivity contribution in [3.8, 4) is 0 Å². The minimum atomic E-state index is -0.982. The number of pyridine rings is 1. The fraction of sp³-hybridized carbons (Fsp3) is 0.125. The van der Waals surface area contributed by atoms with Gasteiger partial charge < -0.3 is 20.3 Å². The van der Waals surface area contributed by atoms with Crippen LogP contribution in [0.15, 0.2) is 72.9 Å². The molecule has 0 bridgehead atoms. The predicted molar refractivity (Wildman–Crippen MR) is 120 cm³/mol. The van der Waals surface area contributed by atoms with E-state index < -0.39 is 5.97 Å². The highest BCUT2D eigenvalue weighted by Gasteiger charge is 2.23. The van der Waals surface area contributed by atoms with Crippen molar-refractivity contribution in [3.63, 3.8) is 0 Å². The average Bonchev–Trinajstić information content (AvgIpc) is 3.06. The molecule has 156 valence electrons. The summed E-state index contributed by atoms with van der Waals surface area (Å²) in [6, 6.07) is 19.5. The minimum absolute atomic E-state index is 0.206. The van der Waals surface area contributed by atoms with Gasteiger partial charge >= 0.3 is 5.97 Å². The number of carboxylic acids is 1. The van der Waals surface area contributed by atoms with Crippen molar-refractivity contribution in [2.24, 2.45) is 7.05 Å². The zero-order valence-corrected chi connectivity index (χ0v) is 17.2. The van der Waals surface area contributed by atoms with Crippen molar-refractivity contribution in [3.05, 3.63) is 89.7 Å². The fourth-order valence-corrected chi connectivity index (χ4v) is 3.61. The van der Waals surface area contributed by atoms with Crippen LogP contribution in [0.2, 0.25) is 0 Å². The molecule has 4 aromatic rings. The summed E-state index contributed by atoms with van der Waals surface area (Å²) in [4.78, 5) is 28.7. The minimum Gasteiger partial charge on any atom is -0.478 e. The molecule has 3 N–H and O–H groups in total. The molecule has 0 radical (unpaired) electrons. The number of aromatic nitrogens is 2. The van der Waals surface area contributed by atoms with E-state index in [2.05, 4.69) is 15.6 Å². The van der Waals surface area contributed by atoms with Crippen LogP contribution in [0.1, 0.15) is 39.4 Å². The molecular formula is C24H22N4O3. The summed E-state index contributed by atoms with van der Waals surface area (Å²) in [5.74, 6) is -0.582. The van der Waals surface area contributed by atoms with E-state index in [4.69, 9.17) is 5.11 Å². The van der Waals surface area contributed by atoms with Gasteiger partial charge in [0, 0.05) is 18.6 Å². The van der Waals surface area contributed by atoms with Crippen molar-refractivity contribution in [2.45, 2.75) is 13.0 Å². The van der Waals surface area contributed by atoms with Gasteiger partial charge in [-0.3, -0.25) is 4.79 Å². The van der Waals surface area contributed by atoms with E-state index in [1.54, 1.807) is 18.3 Å². The number of anilines is 2. The lowest BCUT2D eigenvalue weighted by Crippen LogP contribution is -2.29. The number of hydrogen-bond donors (Lipinski definition) is 3. The Kier molecular flexibility index (Phi) is 5.41. The maximum absolute atomic E-state index is 13.3. The van der Waals surface area contributed by atoms with Crippen LogP contribution in [0.25, 0.3) is 10.9 Å². The number of fused-ring (bicyclic) bond motifs is 1. The Hall–Kier alpha value is -4.13. The lowest BCUT2D eigenvalue weighted by Gasteiger charge is -2.16. The maximum atomic E-state index is 13.3. The smallest absolute Gasteiger partial charge is 0.335 e. The third-order valence-corrected chi connectivity index (χ3v) is 5.25. The third kappa shape index (κ3) is 3.98. The monoisotopic (exact) mass is 414 g/mol. The third-order valence-electron chi connectivity index (χ3n) is 5.25. The second kappa shape index (κ2) is 8.31. The Morgan fingerprint density at radius 1 is 1.00 bits per heavy atom. The summed E-state index contributed by atoms with van der Waals surface area (Å²) < 4.78 is 1.86. The molecule has 0 saturated carbocycles. The van der Waals surface area contributed by atoms with Gasteiger partial charge in [0.1, 0.15) is 11.5 Å². The van der Waals surface area contributed by atoms with Crippen molar-refractivity contribution in [1.29, 1.82) is 0 Å². The van der Waals surface area contributed by atoms with Gasteiger partial charge in [0.25, 0.3) is 5.91 Å². The zero-order valence-electron chi connectivity index (χ0n) is 17.2. The largest absolute Gasteiger partial charge is 0.478 e. The Balaban J connectivity index is 1.67. The van der Waals surface area contributed by atoms with Crippen molar-refractivity contribution >= 4 is 34.3 Å². The summed E-state index contributed by atoms with van der Waals surface area (Å²) in [5, 5.41) is 16.3. The van der Waals surface area contributed by atoms with E-state index in [9.17, 15) is 9.59 Å². The van der Waals surface area contributed by atoms with Gasteiger partial charge in [-0.15, -0.1) is 0 Å². The molecule has 4 rings (SSSR count). The quantitative estimate of drug-likeness (QED) is 0.431. The van der Waals surface area contributed by atoms with Gasteiger partial charge in [-0.25, -0.2) is 9.78 Å². The van der Waals surface area contributed by atoms with Crippen LogP contribution in [0.4, 0.5) is 11.5 Å². The molecule has 2 aromatic heterocycles. The Labute approximate surface area is 179 Å². The number of benzene rings is 2. The highest BCUT2D eigenvalue weighted by molar-refractivity contribution is 6.09. The highest BCUT2D eigenvalue weighted by atomic mass is 16.4. The first-order chi connectivity index (χ1) is 15.0. The summed E-state index contributed by atoms with van der Waals surface area (Å²) in [6.07, 6.45) is 1.69. The van der Waals surface area contributed by atoms with Crippen LogP contribution in [0, 0.1) is 0 Å². The van der Waals surface area contributed by atoms with Crippen LogP contribution < -0.4 is 10.6 Å². The lowest BCUT2D eigenvalue weighted by atomic mass is 10.1. The Morgan fingerprint density at radius 3 is 2.39 bits per heavy atom. The first-order valence-corrected chi connectivity index (χ1v) is 9.85. The van der Waals surface area contributed by atoms with Crippen molar-refractivity contribution < 1.29 is 14.7 Å². The van der Waals surface area contributed by atoms with Gasteiger partial charge in [-0.2, -0.15) is 0 Å². The molecule has 0 aliphatic rings. The molecule has 0 saturated heterocycles. The molecule has 0 fully saturated rings. The molecule has 0 spiro atoms. The van der Waals surface area contributed by atoms with Gasteiger partial charge in [0.15, 0.2) is 0 Å². The second-order valence-electron chi connectivity index (χ2n) is 7.26. The van der Waals surface area contributed by atoms with Crippen LogP contribution in [0.5, 0.6) is 0 Å². The van der Waals surface area contributed by atoms with Gasteiger partial charge in [0.2, 0.25) is 0 Å². The number of aromatic carboxylic acids is 1. The first-order valence-electron chi connectivity index (χ1n) is 9.85. The number of rotatable bonds is 6. The zero-order chi connectivity index (χ0) is 22.0. The van der Waals surface area contributed by atoms with Gasteiger partial charge in [-0.05, 0) is 42.8 Å². The molecule has 1 atom stereocenters. The molecule has 7 heteroatoms. The first kappa shape index (κ1) is 20.2. The number of aryl methyl sites for hydroxylation is 1. The van der Waals surface area contributed by atoms with Crippen LogP contribution in [-0.4, -0.2) is 26.5 Å². The van der Waals surface area contributed by atoms with Crippen molar-refractivity contribution in [2.75, 3.05) is 5.32 Å². The summed E-state index contributed by atoms with van der Waals surface area (Å²) in [7, 11) is 1.85. The summed E-state index contributed by atoms with van der Waals surface area (Å²) in [5.41, 5.74) is 3.11. The fourth-order valence-electron chi connectivity index (χ4n) is 3.61. The van der Waals surface area contributed by atoms with E-state index in [1.807, 2.05) is 61.0 Å². The molecule has 0 aliphatic heterocycles. The van der Waals surface area contributed by atoms with Crippen molar-refractivity contribution in [1.82, 2.24) is 14.9 Å². The average molecular weight is 414 g/mol. The van der Waals surface area contributed by atoms with Crippen LogP contribution in [0.3, 0.4) is 0 Å². The van der Waals surface area contributed by atoms with E-state index >= 15 is 0 Å². The number of amides is 1. The molecule has 31 heavy (non-hydrogen) atoms. The number of carboxylic acid groups (broad SMARTS) is 1. The molecule has 2 heterocycles. The Bertz CT molecular complexity index is 1250. The molecule has 7 nitrogen and oxygen atoms in total. The lowest BCUT2D eigenvalue weighted by molar-refractivity contribution is 0.0696. The maximum Gasteiger partial charge on any atom is 0.335 e. The van der Waals surface area contributed by atoms with Crippen LogP contribution in [-0.2, 0) is 7.05 Å². The number of carbonyl (C=O) groups excluding carboxylic acids is 1. The van der Waals surface area contributed by atoms with E-state index in [0.29, 0.717) is 17.2 Å². The molecule has 1 amide bonds. The summed E-state index contributed by atoms with van der Waals surface area (Å²) >= 11 is 0. The van der Waals surface area contributed by atoms with E-state index in [1.165, 1.54) is 12.1 Å². The number of nitrogens with one attached hydrogen (secondary N) is 2. The normalized spacial score (nSPS) is 11.8. The highest BCUT2D eigenvalue weighted by Crippen LogP contribution is 2.32. The van der Waals surface area contributed by atoms with Gasteiger partial charge in [-0.1, -0.05) is 36.4 Å². The second-order valence-corrected chi connectivity index (χ2v) is 7.26. The standard InChI is InChI=1S/C24H22N4O3/c1-15(16-10-12-17(13-11-16)24(30)31)26-23(29)22-21(27-20-9-5-6-14-25-20)18-7-3-4-8-19(18)28(22)2/h3-15H,1-2H3,(H,25,27)(H,26,29)(H,30,31). The number of nitrogens with zero attached hydrogens (tertiary/aromatic N) is 2. The predicted octanol–water partition coefficient (Wildman–Crippen LogP) is 4.51. The number of para-hydroxylation sites is 1. The molecule has 2 aromatic carbocycles. The number of hydrogen-bond acceptors (Lipinski definition) is 4. The number of carbonyl (C=O) groups is 2. The molecule has 0 aliphatic carbocycles. The topological polar surface area (TPSA) is 96.3 Å². The molecule has 1 unspecified atom stereocenters. The molecular weight excluding hydrogens is 392 g/mol. The van der Waals surface area contributed by atoms with E-state index in [-0.39, 0.29) is 17.5 Å². The van der Waals surface area contributed by atoms with Gasteiger partial charge in [0.05, 0.1) is 22.8 Å². The van der Waals surface area contributed by atoms with E-state index in [0.717, 1.165) is 16.5 Å². The van der Waals surface area contributed by atoms with Crippen LogP contribution >= 0.6 is 0 Å². The SMILES string of the molecule is CC(NC(=O)c1c(Nc2ccccn2)c2ccccc2n1C)c1ccc(C(=O)O)cc1. The Morgan fingerprint density at radius 2 is 1.71 bits per heavy atom.